The van der Waals surface area contributed by atoms with E-state index in [1.54, 1.807) is 19.2 Å². The highest BCUT2D eigenvalue weighted by molar-refractivity contribution is 7.14. The van der Waals surface area contributed by atoms with Gasteiger partial charge in [0.15, 0.2) is 5.69 Å². The largest absolute Gasteiger partial charge is 0.450 e. The van der Waals surface area contributed by atoms with Crippen LogP contribution in [0.5, 0.6) is 0 Å². The highest BCUT2D eigenvalue weighted by atomic mass is 32.1. The Bertz CT molecular complexity index is 706. The summed E-state index contributed by atoms with van der Waals surface area (Å²) in [6.07, 6.45) is -0.844. The Morgan fingerprint density at radius 2 is 2.14 bits per heavy atom. The van der Waals surface area contributed by atoms with Gasteiger partial charge in [0.1, 0.15) is 10.8 Å². The molecule has 8 nitrogen and oxygen atoms in total. The molecule has 2 aromatic rings. The van der Waals surface area contributed by atoms with Crippen molar-refractivity contribution in [1.82, 2.24) is 10.5 Å². The lowest BCUT2D eigenvalue weighted by Gasteiger charge is -2.05. The number of thiophene rings is 1. The summed E-state index contributed by atoms with van der Waals surface area (Å²) in [5, 5.41) is 10.1. The predicted molar refractivity (Wildman–Crippen MR) is 78.0 cm³/mol. The first-order valence-corrected chi connectivity index (χ1v) is 7.19. The second-order valence-corrected chi connectivity index (χ2v) is 5.03. The van der Waals surface area contributed by atoms with Gasteiger partial charge in [-0.25, -0.2) is 4.79 Å². The van der Waals surface area contributed by atoms with Gasteiger partial charge >= 0.3 is 6.09 Å². The topological polar surface area (TPSA) is 111 Å². The number of ether oxygens (including phenoxy) is 1. The quantitative estimate of drug-likeness (QED) is 0.892. The fourth-order valence-electron chi connectivity index (χ4n) is 1.55. The van der Waals surface area contributed by atoms with Gasteiger partial charge in [-0.1, -0.05) is 5.16 Å². The van der Waals surface area contributed by atoms with Crippen molar-refractivity contribution in [2.45, 2.75) is 13.8 Å². The van der Waals surface area contributed by atoms with Gasteiger partial charge in [-0.2, -0.15) is 0 Å². The molecule has 0 saturated heterocycles. The zero-order valence-electron chi connectivity index (χ0n) is 11.8. The first-order chi connectivity index (χ1) is 10.5. The van der Waals surface area contributed by atoms with Gasteiger partial charge in [0.2, 0.25) is 0 Å². The molecule has 0 saturated carbocycles. The average Bonchev–Trinajstić information content (AvgIpc) is 3.07. The maximum absolute atomic E-state index is 12.0. The zero-order chi connectivity index (χ0) is 16.1. The van der Waals surface area contributed by atoms with Crippen molar-refractivity contribution < 1.29 is 23.6 Å². The summed E-state index contributed by atoms with van der Waals surface area (Å²) in [4.78, 5) is 35.2. The van der Waals surface area contributed by atoms with Crippen molar-refractivity contribution in [2.24, 2.45) is 0 Å². The number of anilines is 1. The van der Waals surface area contributed by atoms with Crippen LogP contribution in [-0.2, 0) is 4.74 Å². The van der Waals surface area contributed by atoms with Crippen LogP contribution in [0, 0.1) is 6.92 Å². The molecule has 3 amide bonds. The van der Waals surface area contributed by atoms with E-state index in [2.05, 4.69) is 20.5 Å². The molecule has 0 aliphatic heterocycles. The lowest BCUT2D eigenvalue weighted by Crippen LogP contribution is -2.31. The number of aryl methyl sites for hydroxylation is 1. The van der Waals surface area contributed by atoms with Crippen molar-refractivity contribution in [2.75, 3.05) is 11.9 Å². The van der Waals surface area contributed by atoms with E-state index in [4.69, 9.17) is 4.52 Å². The van der Waals surface area contributed by atoms with Crippen LogP contribution in [0.1, 0.15) is 33.5 Å². The molecule has 0 radical (unpaired) electrons. The van der Waals surface area contributed by atoms with Gasteiger partial charge < -0.3 is 14.6 Å². The van der Waals surface area contributed by atoms with E-state index >= 15 is 0 Å². The van der Waals surface area contributed by atoms with E-state index in [0.29, 0.717) is 10.8 Å². The van der Waals surface area contributed by atoms with Gasteiger partial charge in [0.25, 0.3) is 11.8 Å². The molecule has 2 aromatic heterocycles. The molecule has 2 heterocycles. The van der Waals surface area contributed by atoms with Crippen molar-refractivity contribution in [1.29, 1.82) is 0 Å². The van der Waals surface area contributed by atoms with E-state index in [-0.39, 0.29) is 17.9 Å². The number of nitrogens with one attached hydrogen (secondary N) is 2. The summed E-state index contributed by atoms with van der Waals surface area (Å²) in [6, 6.07) is 2.96. The molecular formula is C13H13N3O5S. The Kier molecular flexibility index (Phi) is 4.89. The summed E-state index contributed by atoms with van der Waals surface area (Å²) in [7, 11) is 0. The van der Waals surface area contributed by atoms with Crippen LogP contribution in [0.25, 0.3) is 0 Å². The molecule has 2 rings (SSSR count). The number of amides is 3. The minimum atomic E-state index is -0.844. The highest BCUT2D eigenvalue weighted by Gasteiger charge is 2.19. The standard InChI is InChI=1S/C13H13N3O5S/c1-3-20-13(19)15-10(17)8-4-5-22-12(8)14-11(18)9-6-7(2)21-16-9/h4-6H,3H2,1-2H3,(H,14,18)(H,15,17,19). The van der Waals surface area contributed by atoms with E-state index in [1.807, 2.05) is 0 Å². The monoisotopic (exact) mass is 323 g/mol. The molecule has 0 aliphatic carbocycles. The Hall–Kier alpha value is -2.68. The molecule has 22 heavy (non-hydrogen) atoms. The number of rotatable bonds is 4. The van der Waals surface area contributed by atoms with E-state index in [0.717, 1.165) is 11.3 Å². The minimum Gasteiger partial charge on any atom is -0.450 e. The average molecular weight is 323 g/mol. The summed E-state index contributed by atoms with van der Waals surface area (Å²) in [5.74, 6) is -0.674. The van der Waals surface area contributed by atoms with Crippen molar-refractivity contribution >= 4 is 34.2 Å². The van der Waals surface area contributed by atoms with Gasteiger partial charge in [-0.05, 0) is 25.3 Å². The maximum Gasteiger partial charge on any atom is 0.414 e. The van der Waals surface area contributed by atoms with Crippen LogP contribution in [0.2, 0.25) is 0 Å². The molecule has 2 N–H and O–H groups in total. The minimum absolute atomic E-state index is 0.0997. The third kappa shape index (κ3) is 3.70. The van der Waals surface area contributed by atoms with E-state index in [9.17, 15) is 14.4 Å². The fourth-order valence-corrected chi connectivity index (χ4v) is 2.33. The Labute approximate surface area is 129 Å². The normalized spacial score (nSPS) is 10.1. The first-order valence-electron chi connectivity index (χ1n) is 6.31. The molecule has 0 fully saturated rings. The predicted octanol–water partition coefficient (Wildman–Crippen LogP) is 2.18. The lowest BCUT2D eigenvalue weighted by atomic mass is 10.3. The van der Waals surface area contributed by atoms with Crippen molar-refractivity contribution in [3.8, 4) is 0 Å². The number of carbonyl (C=O) groups excluding carboxylic acids is 3. The third-order valence-corrected chi connectivity index (χ3v) is 3.32. The first kappa shape index (κ1) is 15.7. The number of aromatic nitrogens is 1. The summed E-state index contributed by atoms with van der Waals surface area (Å²) >= 11 is 1.14. The Morgan fingerprint density at radius 3 is 2.77 bits per heavy atom. The number of hydrogen-bond acceptors (Lipinski definition) is 7. The molecule has 0 spiro atoms. The number of imide groups is 1. The number of alkyl carbamates (subject to hydrolysis) is 1. The van der Waals surface area contributed by atoms with E-state index < -0.39 is 17.9 Å². The number of carbonyl (C=O) groups is 3. The highest BCUT2D eigenvalue weighted by Crippen LogP contribution is 2.23. The lowest BCUT2D eigenvalue weighted by molar-refractivity contribution is 0.0926. The summed E-state index contributed by atoms with van der Waals surface area (Å²) in [5.41, 5.74) is 0.259. The number of nitrogens with zero attached hydrogens (tertiary/aromatic N) is 1. The van der Waals surface area contributed by atoms with Gasteiger partial charge in [-0.15, -0.1) is 11.3 Å². The molecule has 0 aliphatic rings. The van der Waals surface area contributed by atoms with E-state index in [1.165, 1.54) is 12.1 Å². The molecule has 116 valence electrons. The smallest absolute Gasteiger partial charge is 0.414 e. The number of hydrogen-bond donors (Lipinski definition) is 2. The zero-order valence-corrected chi connectivity index (χ0v) is 12.7. The maximum atomic E-state index is 12.0. The second kappa shape index (κ2) is 6.85. The van der Waals surface area contributed by atoms with Crippen LogP contribution in [-0.4, -0.2) is 29.7 Å². The van der Waals surface area contributed by atoms with Gasteiger partial charge in [-0.3, -0.25) is 14.9 Å². The third-order valence-electron chi connectivity index (χ3n) is 2.49. The SMILES string of the molecule is CCOC(=O)NC(=O)c1ccsc1NC(=O)c1cc(C)on1. The Morgan fingerprint density at radius 1 is 1.36 bits per heavy atom. The van der Waals surface area contributed by atoms with Crippen molar-refractivity contribution in [3.05, 3.63) is 34.5 Å². The molecule has 0 atom stereocenters. The summed E-state index contributed by atoms with van der Waals surface area (Å²) in [6.45, 7) is 3.44. The van der Waals surface area contributed by atoms with Crippen LogP contribution in [0.3, 0.4) is 0 Å². The summed E-state index contributed by atoms with van der Waals surface area (Å²) < 4.78 is 9.44. The second-order valence-electron chi connectivity index (χ2n) is 4.11. The molecule has 0 bridgehead atoms. The molecule has 0 unspecified atom stereocenters. The molecule has 9 heteroatoms. The van der Waals surface area contributed by atoms with Crippen LogP contribution in [0.15, 0.2) is 22.0 Å². The molecular weight excluding hydrogens is 310 g/mol. The van der Waals surface area contributed by atoms with Crippen molar-refractivity contribution in [3.63, 3.8) is 0 Å². The van der Waals surface area contributed by atoms with Crippen LogP contribution in [0.4, 0.5) is 9.80 Å². The Balaban J connectivity index is 2.07. The van der Waals surface area contributed by atoms with Crippen LogP contribution < -0.4 is 10.6 Å². The van der Waals surface area contributed by atoms with Crippen LogP contribution >= 0.6 is 11.3 Å². The molecule has 0 aromatic carbocycles. The van der Waals surface area contributed by atoms with Gasteiger partial charge in [0.05, 0.1) is 12.2 Å². The fraction of sp³-hybridized carbons (Fsp3) is 0.231. The van der Waals surface area contributed by atoms with Gasteiger partial charge in [0, 0.05) is 6.07 Å².